The number of nitrogens with zero attached hydrogens (tertiary/aromatic N) is 6. The fourth-order valence-electron chi connectivity index (χ4n) is 8.27. The van der Waals surface area contributed by atoms with Crippen molar-refractivity contribution in [2.24, 2.45) is 10.2 Å². The highest BCUT2D eigenvalue weighted by molar-refractivity contribution is 6.10. The van der Waals surface area contributed by atoms with Crippen molar-refractivity contribution < 1.29 is 0 Å². The SMILES string of the molecule is CCCCn1c2ccccc2c2cc(/C=N/N(CCCCCCN(/N=C/c3ccc4c(c3)c3ccccc3n4CCCC)c3ccccc3)c3ccccc3)ccc21. The van der Waals surface area contributed by atoms with Crippen molar-refractivity contribution in [2.75, 3.05) is 23.1 Å². The smallest absolute Gasteiger partial charge is 0.0593 e. The molecule has 8 aromatic rings. The number of aryl methyl sites for hydroxylation is 2. The van der Waals surface area contributed by atoms with Crippen molar-refractivity contribution >= 4 is 67.4 Å². The predicted octanol–water partition coefficient (Wildman–Crippen LogP) is 13.4. The van der Waals surface area contributed by atoms with Gasteiger partial charge < -0.3 is 9.13 Å². The maximum atomic E-state index is 5.07. The molecule has 0 amide bonds. The lowest BCUT2D eigenvalue weighted by Crippen LogP contribution is -2.19. The van der Waals surface area contributed by atoms with Crippen molar-refractivity contribution in [3.63, 3.8) is 0 Å². The molecule has 0 aliphatic heterocycles. The average Bonchev–Trinajstić information content (AvgIpc) is 3.77. The number of hydrazone groups is 2. The first-order chi connectivity index (χ1) is 28.7. The fraction of sp³-hybridized carbons (Fsp3) is 0.269. The number of benzene rings is 6. The van der Waals surface area contributed by atoms with Crippen molar-refractivity contribution in [1.29, 1.82) is 0 Å². The van der Waals surface area contributed by atoms with Crippen molar-refractivity contribution in [3.8, 4) is 0 Å². The van der Waals surface area contributed by atoms with Crippen molar-refractivity contribution in [2.45, 2.75) is 78.3 Å². The molecular formula is C52H56N6. The van der Waals surface area contributed by atoms with Gasteiger partial charge in [0.05, 0.1) is 23.8 Å². The summed E-state index contributed by atoms with van der Waals surface area (Å²) in [4.78, 5) is 0. The van der Waals surface area contributed by atoms with Crippen LogP contribution >= 0.6 is 0 Å². The molecule has 0 fully saturated rings. The highest BCUT2D eigenvalue weighted by Crippen LogP contribution is 2.32. The zero-order valence-electron chi connectivity index (χ0n) is 34.2. The molecular weight excluding hydrogens is 709 g/mol. The van der Waals surface area contributed by atoms with Crippen LogP contribution in [0.1, 0.15) is 76.3 Å². The predicted molar refractivity (Wildman–Crippen MR) is 250 cm³/mol. The molecule has 6 heteroatoms. The normalized spacial score (nSPS) is 12.0. The van der Waals surface area contributed by atoms with Gasteiger partial charge in [0.1, 0.15) is 0 Å². The first-order valence-electron chi connectivity index (χ1n) is 21.5. The largest absolute Gasteiger partial charge is 0.340 e. The van der Waals surface area contributed by atoms with Gasteiger partial charge in [-0.05, 0) is 97.5 Å². The van der Waals surface area contributed by atoms with Crippen LogP contribution in [0.25, 0.3) is 43.6 Å². The van der Waals surface area contributed by atoms with Gasteiger partial charge in [-0.25, -0.2) is 0 Å². The minimum absolute atomic E-state index is 0.858. The van der Waals surface area contributed by atoms with Crippen LogP contribution in [0.4, 0.5) is 11.4 Å². The molecule has 0 aliphatic rings. The summed E-state index contributed by atoms with van der Waals surface area (Å²) in [6.45, 7) is 8.31. The van der Waals surface area contributed by atoms with E-state index >= 15 is 0 Å². The van der Waals surface area contributed by atoms with E-state index in [0.29, 0.717) is 0 Å². The molecule has 0 aliphatic carbocycles. The molecule has 2 aromatic heterocycles. The molecule has 6 nitrogen and oxygen atoms in total. The van der Waals surface area contributed by atoms with Crippen LogP contribution in [-0.4, -0.2) is 34.7 Å². The Morgan fingerprint density at radius 1 is 0.414 bits per heavy atom. The Hall–Kier alpha value is -6.14. The van der Waals surface area contributed by atoms with Gasteiger partial charge in [-0.2, -0.15) is 10.2 Å². The highest BCUT2D eigenvalue weighted by Gasteiger charge is 2.13. The first kappa shape index (κ1) is 38.7. The number of rotatable bonds is 19. The first-order valence-corrected chi connectivity index (χ1v) is 21.5. The summed E-state index contributed by atoms with van der Waals surface area (Å²) < 4.78 is 4.96. The molecule has 6 aromatic carbocycles. The molecule has 0 N–H and O–H groups in total. The van der Waals surface area contributed by atoms with E-state index in [-0.39, 0.29) is 0 Å². The van der Waals surface area contributed by atoms with E-state index in [9.17, 15) is 0 Å². The van der Waals surface area contributed by atoms with E-state index in [4.69, 9.17) is 10.2 Å². The number of fused-ring (bicyclic) bond motifs is 6. The molecule has 0 saturated heterocycles. The summed E-state index contributed by atoms with van der Waals surface area (Å²) in [7, 11) is 0. The molecule has 0 saturated carbocycles. The summed E-state index contributed by atoms with van der Waals surface area (Å²) in [6, 6.07) is 52.3. The zero-order chi connectivity index (χ0) is 39.5. The minimum atomic E-state index is 0.858. The number of para-hydroxylation sites is 4. The summed E-state index contributed by atoms with van der Waals surface area (Å²) in [5.74, 6) is 0. The third-order valence-electron chi connectivity index (χ3n) is 11.4. The summed E-state index contributed by atoms with van der Waals surface area (Å²) in [5, 5.41) is 19.7. The molecule has 58 heavy (non-hydrogen) atoms. The van der Waals surface area contributed by atoms with Crippen LogP contribution in [0.5, 0.6) is 0 Å². The highest BCUT2D eigenvalue weighted by atomic mass is 15.5. The standard InChI is InChI=1S/C52H56N6/c1-3-5-33-55-49-27-17-15-25-45(49)47-37-41(29-31-51(47)55)39-53-57(43-21-11-9-12-22-43)35-19-7-8-20-36-58(44-23-13-10-14-24-44)54-40-42-30-32-52-48(38-42)46-26-16-18-28-50(46)56(52)34-6-4-2/h9-18,21-32,37-40H,3-8,19-20,33-36H2,1-2H3/b53-39+,54-40+. The van der Waals surface area contributed by atoms with Gasteiger partial charge in [0, 0.05) is 69.8 Å². The van der Waals surface area contributed by atoms with Gasteiger partial charge in [0.25, 0.3) is 0 Å². The molecule has 0 atom stereocenters. The van der Waals surface area contributed by atoms with Gasteiger partial charge in [-0.3, -0.25) is 10.0 Å². The molecule has 0 spiro atoms. The van der Waals surface area contributed by atoms with E-state index in [0.717, 1.165) is 74.4 Å². The number of hydrogen-bond donors (Lipinski definition) is 0. The Morgan fingerprint density at radius 3 is 1.24 bits per heavy atom. The van der Waals surface area contributed by atoms with Gasteiger partial charge in [-0.15, -0.1) is 0 Å². The van der Waals surface area contributed by atoms with Crippen LogP contribution < -0.4 is 10.0 Å². The molecule has 8 rings (SSSR count). The van der Waals surface area contributed by atoms with Gasteiger partial charge >= 0.3 is 0 Å². The maximum Gasteiger partial charge on any atom is 0.0593 e. The lowest BCUT2D eigenvalue weighted by atomic mass is 10.1. The Labute approximate surface area is 343 Å². The molecule has 0 bridgehead atoms. The fourth-order valence-corrected chi connectivity index (χ4v) is 8.27. The zero-order valence-corrected chi connectivity index (χ0v) is 34.2. The van der Waals surface area contributed by atoms with Crippen molar-refractivity contribution in [1.82, 2.24) is 9.13 Å². The van der Waals surface area contributed by atoms with Crippen LogP contribution in [0.2, 0.25) is 0 Å². The van der Waals surface area contributed by atoms with E-state index in [1.54, 1.807) is 0 Å². The van der Waals surface area contributed by atoms with E-state index in [1.165, 1.54) is 69.3 Å². The maximum absolute atomic E-state index is 5.07. The molecule has 0 radical (unpaired) electrons. The second-order valence-electron chi connectivity index (χ2n) is 15.4. The average molecular weight is 765 g/mol. The third kappa shape index (κ3) is 8.72. The molecule has 294 valence electrons. The lowest BCUT2D eigenvalue weighted by Gasteiger charge is -2.20. The number of anilines is 2. The van der Waals surface area contributed by atoms with E-state index < -0.39 is 0 Å². The Morgan fingerprint density at radius 2 is 0.810 bits per heavy atom. The number of hydrogen-bond acceptors (Lipinski definition) is 4. The van der Waals surface area contributed by atoms with E-state index in [1.807, 2.05) is 12.4 Å². The minimum Gasteiger partial charge on any atom is -0.340 e. The summed E-state index contributed by atoms with van der Waals surface area (Å²) >= 11 is 0. The van der Waals surface area contributed by atoms with Crippen LogP contribution in [-0.2, 0) is 13.1 Å². The van der Waals surface area contributed by atoms with Crippen LogP contribution in [0, 0.1) is 0 Å². The Bertz CT molecular complexity index is 2430. The Kier molecular flexibility index (Phi) is 12.6. The lowest BCUT2D eigenvalue weighted by molar-refractivity contribution is 0.622. The quantitative estimate of drug-likeness (QED) is 0.0467. The second kappa shape index (κ2) is 18.9. The topological polar surface area (TPSA) is 41.1 Å². The third-order valence-corrected chi connectivity index (χ3v) is 11.4. The van der Waals surface area contributed by atoms with Gasteiger partial charge in [0.2, 0.25) is 0 Å². The summed E-state index contributed by atoms with van der Waals surface area (Å²) in [6.07, 6.45) is 13.1. The van der Waals surface area contributed by atoms with Crippen LogP contribution in [0.15, 0.2) is 156 Å². The number of aromatic nitrogens is 2. The Balaban J connectivity index is 0.919. The second-order valence-corrected chi connectivity index (χ2v) is 15.4. The monoisotopic (exact) mass is 764 g/mol. The van der Waals surface area contributed by atoms with Gasteiger partial charge in [0.15, 0.2) is 0 Å². The number of unbranched alkanes of at least 4 members (excludes halogenated alkanes) is 5. The van der Waals surface area contributed by atoms with Crippen LogP contribution in [0.3, 0.4) is 0 Å². The molecule has 2 heterocycles. The summed E-state index contributed by atoms with van der Waals surface area (Å²) in [5.41, 5.74) is 9.68. The van der Waals surface area contributed by atoms with Gasteiger partial charge in [-0.1, -0.05) is 124 Å². The van der Waals surface area contributed by atoms with Crippen molar-refractivity contribution in [3.05, 3.63) is 157 Å². The van der Waals surface area contributed by atoms with E-state index in [2.05, 4.69) is 179 Å². The molecule has 0 unspecified atom stereocenters.